The number of aromatic nitrogens is 3. The summed E-state index contributed by atoms with van der Waals surface area (Å²) >= 11 is 0. The average Bonchev–Trinajstić information content (AvgIpc) is 3.45. The smallest absolute Gasteiger partial charge is 0.235 e. The number of benzene rings is 5. The topological polar surface area (TPSA) is 30.7 Å². The predicted octanol–water partition coefficient (Wildman–Crippen LogP) is 9.21. The van der Waals surface area contributed by atoms with Crippen molar-refractivity contribution in [1.82, 2.24) is 14.5 Å². The second-order valence-electron chi connectivity index (χ2n) is 11.1. The third kappa shape index (κ3) is 3.31. The van der Waals surface area contributed by atoms with Gasteiger partial charge in [-0.15, -0.1) is 0 Å². The van der Waals surface area contributed by atoms with E-state index in [1.807, 2.05) is 18.3 Å². The Balaban J connectivity index is 1.31. The highest BCUT2D eigenvalue weighted by molar-refractivity contribution is 6.11. The minimum atomic E-state index is -0.0788. The van der Waals surface area contributed by atoms with Crippen molar-refractivity contribution in [3.05, 3.63) is 139 Å². The fraction of sp³-hybridized carbons (Fsp3) is 0.0811. The monoisotopic (exact) mass is 513 g/mol. The maximum Gasteiger partial charge on any atom is 0.235 e. The second kappa shape index (κ2) is 8.49. The molecule has 0 amide bonds. The summed E-state index contributed by atoms with van der Waals surface area (Å²) in [5.41, 5.74) is 11.9. The van der Waals surface area contributed by atoms with Gasteiger partial charge in [0.2, 0.25) is 5.95 Å². The molecule has 0 saturated heterocycles. The normalized spacial score (nSPS) is 13.4. The fourth-order valence-electron chi connectivity index (χ4n) is 6.46. The van der Waals surface area contributed by atoms with Crippen LogP contribution in [0.4, 0.5) is 0 Å². The fourth-order valence-corrected chi connectivity index (χ4v) is 6.46. The quantitative estimate of drug-likeness (QED) is 0.236. The molecule has 0 bridgehead atoms. The average molecular weight is 514 g/mol. The lowest BCUT2D eigenvalue weighted by molar-refractivity contribution is 0.661. The molecular formula is C37H27N3. The first kappa shape index (κ1) is 22.9. The van der Waals surface area contributed by atoms with E-state index in [2.05, 4.69) is 128 Å². The molecule has 1 aliphatic carbocycles. The van der Waals surface area contributed by atoms with E-state index in [0.717, 1.165) is 22.3 Å². The summed E-state index contributed by atoms with van der Waals surface area (Å²) in [7, 11) is 0. The van der Waals surface area contributed by atoms with Gasteiger partial charge in [-0.05, 0) is 57.6 Å². The van der Waals surface area contributed by atoms with Crippen molar-refractivity contribution in [2.45, 2.75) is 19.3 Å². The number of hydrogen-bond acceptors (Lipinski definition) is 2. The SMILES string of the molecule is CC1(C)c2ccccc2-c2cc3c4ccccc4n(-c4nccc(-c5ccc(-c6ccccc6)cc5)n4)c3cc21. The third-order valence-corrected chi connectivity index (χ3v) is 8.51. The maximum absolute atomic E-state index is 5.11. The number of para-hydroxylation sites is 1. The van der Waals surface area contributed by atoms with Crippen LogP contribution in [0.15, 0.2) is 128 Å². The van der Waals surface area contributed by atoms with Gasteiger partial charge in [0.15, 0.2) is 0 Å². The minimum absolute atomic E-state index is 0.0788. The standard InChI is InChI=1S/C37H27N3/c1-37(2)31-14-8-6-12-27(31)29-22-30-28-13-7-9-15-34(28)40(35(30)23-32(29)37)36-38-21-20-33(39-36)26-18-16-25(17-19-26)24-10-4-3-5-11-24/h3-23H,1-2H3. The zero-order chi connectivity index (χ0) is 26.8. The first-order chi connectivity index (χ1) is 19.6. The molecule has 0 radical (unpaired) electrons. The van der Waals surface area contributed by atoms with E-state index in [4.69, 9.17) is 9.97 Å². The summed E-state index contributed by atoms with van der Waals surface area (Å²) in [6, 6.07) is 43.2. The molecule has 40 heavy (non-hydrogen) atoms. The van der Waals surface area contributed by atoms with Crippen molar-refractivity contribution in [3.8, 4) is 39.5 Å². The Morgan fingerprint density at radius 1 is 0.550 bits per heavy atom. The van der Waals surface area contributed by atoms with E-state index in [0.29, 0.717) is 5.95 Å². The molecule has 0 unspecified atom stereocenters. The van der Waals surface area contributed by atoms with Gasteiger partial charge in [-0.3, -0.25) is 4.57 Å². The molecule has 2 heterocycles. The van der Waals surface area contributed by atoms with Gasteiger partial charge < -0.3 is 0 Å². The Hall–Kier alpha value is -5.02. The van der Waals surface area contributed by atoms with Crippen LogP contribution in [-0.4, -0.2) is 14.5 Å². The molecule has 0 fully saturated rings. The van der Waals surface area contributed by atoms with Crippen molar-refractivity contribution < 1.29 is 0 Å². The zero-order valence-corrected chi connectivity index (χ0v) is 22.5. The molecule has 0 atom stereocenters. The summed E-state index contributed by atoms with van der Waals surface area (Å²) in [5.74, 6) is 0.684. The van der Waals surface area contributed by atoms with Crippen LogP contribution in [0.25, 0.3) is 61.3 Å². The number of rotatable bonds is 3. The van der Waals surface area contributed by atoms with E-state index >= 15 is 0 Å². The lowest BCUT2D eigenvalue weighted by Gasteiger charge is -2.21. The van der Waals surface area contributed by atoms with E-state index in [-0.39, 0.29) is 5.41 Å². The van der Waals surface area contributed by atoms with Crippen molar-refractivity contribution in [2.75, 3.05) is 0 Å². The highest BCUT2D eigenvalue weighted by Crippen LogP contribution is 2.50. The third-order valence-electron chi connectivity index (χ3n) is 8.51. The Morgan fingerprint density at radius 2 is 1.25 bits per heavy atom. The summed E-state index contributed by atoms with van der Waals surface area (Å²) < 4.78 is 2.23. The zero-order valence-electron chi connectivity index (χ0n) is 22.5. The van der Waals surface area contributed by atoms with Crippen LogP contribution in [0.3, 0.4) is 0 Å². The minimum Gasteiger partial charge on any atom is -0.278 e. The van der Waals surface area contributed by atoms with E-state index in [1.165, 1.54) is 44.2 Å². The van der Waals surface area contributed by atoms with Crippen LogP contribution in [-0.2, 0) is 5.41 Å². The van der Waals surface area contributed by atoms with E-state index in [1.54, 1.807) is 0 Å². The lowest BCUT2D eigenvalue weighted by Crippen LogP contribution is -2.15. The second-order valence-corrected chi connectivity index (χ2v) is 11.1. The highest BCUT2D eigenvalue weighted by atomic mass is 15.2. The van der Waals surface area contributed by atoms with Crippen molar-refractivity contribution >= 4 is 21.8 Å². The number of hydrogen-bond donors (Lipinski definition) is 0. The van der Waals surface area contributed by atoms with Gasteiger partial charge in [-0.1, -0.05) is 111 Å². The molecule has 0 spiro atoms. The molecule has 0 saturated carbocycles. The first-order valence-corrected chi connectivity index (χ1v) is 13.8. The molecule has 5 aromatic carbocycles. The van der Waals surface area contributed by atoms with Crippen LogP contribution >= 0.6 is 0 Å². The summed E-state index contributed by atoms with van der Waals surface area (Å²) in [5, 5.41) is 2.44. The van der Waals surface area contributed by atoms with Gasteiger partial charge >= 0.3 is 0 Å². The largest absolute Gasteiger partial charge is 0.278 e. The molecule has 2 aromatic heterocycles. The van der Waals surface area contributed by atoms with Gasteiger partial charge in [0.25, 0.3) is 0 Å². The summed E-state index contributed by atoms with van der Waals surface area (Å²) in [6.45, 7) is 4.65. The number of nitrogens with zero attached hydrogens (tertiary/aromatic N) is 3. The Morgan fingerprint density at radius 3 is 2.10 bits per heavy atom. The van der Waals surface area contributed by atoms with Crippen LogP contribution in [0.1, 0.15) is 25.0 Å². The van der Waals surface area contributed by atoms with Crippen LogP contribution in [0.5, 0.6) is 0 Å². The molecule has 8 rings (SSSR count). The maximum atomic E-state index is 5.11. The van der Waals surface area contributed by atoms with Crippen LogP contribution in [0, 0.1) is 0 Å². The Labute approximate surface area is 233 Å². The van der Waals surface area contributed by atoms with Gasteiger partial charge in [0.05, 0.1) is 16.7 Å². The molecule has 3 heteroatoms. The first-order valence-electron chi connectivity index (χ1n) is 13.8. The van der Waals surface area contributed by atoms with Crippen molar-refractivity contribution in [2.24, 2.45) is 0 Å². The summed E-state index contributed by atoms with van der Waals surface area (Å²) in [6.07, 6.45) is 1.87. The van der Waals surface area contributed by atoms with Gasteiger partial charge in [0.1, 0.15) is 0 Å². The van der Waals surface area contributed by atoms with Crippen LogP contribution in [0.2, 0.25) is 0 Å². The van der Waals surface area contributed by atoms with Gasteiger partial charge in [-0.2, -0.15) is 0 Å². The Kier molecular flexibility index (Phi) is 4.86. The molecule has 0 N–H and O–H groups in total. The molecule has 7 aromatic rings. The number of fused-ring (bicyclic) bond motifs is 6. The Bertz CT molecular complexity index is 2070. The molecular weight excluding hydrogens is 486 g/mol. The summed E-state index contributed by atoms with van der Waals surface area (Å²) in [4.78, 5) is 9.90. The van der Waals surface area contributed by atoms with Crippen molar-refractivity contribution in [3.63, 3.8) is 0 Å². The lowest BCUT2D eigenvalue weighted by atomic mass is 9.82. The molecule has 1 aliphatic rings. The molecule has 3 nitrogen and oxygen atoms in total. The van der Waals surface area contributed by atoms with Gasteiger partial charge in [-0.25, -0.2) is 9.97 Å². The van der Waals surface area contributed by atoms with E-state index < -0.39 is 0 Å². The van der Waals surface area contributed by atoms with Crippen molar-refractivity contribution in [1.29, 1.82) is 0 Å². The van der Waals surface area contributed by atoms with Gasteiger partial charge in [0, 0.05) is 27.9 Å². The molecule has 0 aliphatic heterocycles. The highest BCUT2D eigenvalue weighted by Gasteiger charge is 2.36. The van der Waals surface area contributed by atoms with Crippen LogP contribution < -0.4 is 0 Å². The van der Waals surface area contributed by atoms with E-state index in [9.17, 15) is 0 Å². The molecule has 190 valence electrons. The predicted molar refractivity (Wildman–Crippen MR) is 165 cm³/mol.